The highest BCUT2D eigenvalue weighted by Gasteiger charge is 2.17. The maximum Gasteiger partial charge on any atom is 0.220 e. The summed E-state index contributed by atoms with van der Waals surface area (Å²) in [6.07, 6.45) is 48.4. The van der Waals surface area contributed by atoms with E-state index in [0.29, 0.717) is 6.42 Å². The number of hydrogen-bond donors (Lipinski definition) is 3. The second-order valence-electron chi connectivity index (χ2n) is 11.5. The Hall–Kier alpha value is -2.17. The van der Waals surface area contributed by atoms with E-state index in [1.807, 2.05) is 6.08 Å². The highest BCUT2D eigenvalue weighted by Crippen LogP contribution is 2.10. The largest absolute Gasteiger partial charge is 0.394 e. The van der Waals surface area contributed by atoms with Gasteiger partial charge in [0.1, 0.15) is 0 Å². The molecule has 0 bridgehead atoms. The summed E-state index contributed by atoms with van der Waals surface area (Å²) in [4.78, 5) is 12.3. The van der Waals surface area contributed by atoms with Crippen LogP contribution >= 0.6 is 0 Å². The van der Waals surface area contributed by atoms with Gasteiger partial charge in [-0.2, -0.15) is 0 Å². The number of carbonyl (C=O) groups is 1. The van der Waals surface area contributed by atoms with Gasteiger partial charge >= 0.3 is 0 Å². The van der Waals surface area contributed by atoms with Crippen LogP contribution in [0.3, 0.4) is 0 Å². The summed E-state index contributed by atoms with van der Waals surface area (Å²) < 4.78 is 0. The van der Waals surface area contributed by atoms with E-state index in [2.05, 4.69) is 79.9 Å². The van der Waals surface area contributed by atoms with E-state index in [1.54, 1.807) is 6.08 Å². The molecular formula is C39H67NO3. The molecule has 0 saturated heterocycles. The lowest BCUT2D eigenvalue weighted by atomic mass is 10.1. The lowest BCUT2D eigenvalue weighted by Crippen LogP contribution is -2.45. The van der Waals surface area contributed by atoms with E-state index in [-0.39, 0.29) is 12.5 Å². The zero-order chi connectivity index (χ0) is 31.5. The van der Waals surface area contributed by atoms with Crippen molar-refractivity contribution in [3.63, 3.8) is 0 Å². The molecule has 0 spiro atoms. The van der Waals surface area contributed by atoms with E-state index in [1.165, 1.54) is 57.8 Å². The maximum absolute atomic E-state index is 12.3. The first kappa shape index (κ1) is 40.8. The number of amides is 1. The average molecular weight is 598 g/mol. The molecule has 0 aromatic carbocycles. The van der Waals surface area contributed by atoms with Gasteiger partial charge in [-0.15, -0.1) is 0 Å². The van der Waals surface area contributed by atoms with Crippen LogP contribution in [0.2, 0.25) is 0 Å². The monoisotopic (exact) mass is 598 g/mol. The van der Waals surface area contributed by atoms with Crippen LogP contribution in [0.25, 0.3) is 0 Å². The molecule has 246 valence electrons. The number of allylic oxidation sites excluding steroid dienone is 11. The normalized spacial score (nSPS) is 14.0. The zero-order valence-corrected chi connectivity index (χ0v) is 27.9. The van der Waals surface area contributed by atoms with Crippen molar-refractivity contribution in [2.45, 2.75) is 161 Å². The first-order valence-corrected chi connectivity index (χ1v) is 17.7. The summed E-state index contributed by atoms with van der Waals surface area (Å²) in [5.74, 6) is -0.112. The maximum atomic E-state index is 12.3. The fraction of sp³-hybridized carbons (Fsp3) is 0.667. The molecule has 43 heavy (non-hydrogen) atoms. The molecule has 2 atom stereocenters. The van der Waals surface area contributed by atoms with Crippen molar-refractivity contribution in [3.05, 3.63) is 72.9 Å². The first-order chi connectivity index (χ1) is 21.2. The van der Waals surface area contributed by atoms with Crippen LogP contribution in [0.5, 0.6) is 0 Å². The minimum atomic E-state index is -0.883. The molecule has 0 aromatic rings. The minimum Gasteiger partial charge on any atom is -0.394 e. The number of rotatable bonds is 30. The SMILES string of the molecule is CC/C=C\C/C=C\C/C=C\CCCCCC(=O)NC(CO)C(O)/C=C/CC/C=C/CC/C=C/CCCCCCCCCC. The van der Waals surface area contributed by atoms with Crippen LogP contribution in [0.15, 0.2) is 72.9 Å². The Kier molecular flexibility index (Phi) is 32.6. The molecule has 0 aliphatic heterocycles. The molecule has 0 radical (unpaired) electrons. The van der Waals surface area contributed by atoms with Gasteiger partial charge in [-0.3, -0.25) is 4.79 Å². The molecule has 0 heterocycles. The van der Waals surface area contributed by atoms with E-state index >= 15 is 0 Å². The Morgan fingerprint density at radius 2 is 1.05 bits per heavy atom. The Morgan fingerprint density at radius 3 is 1.63 bits per heavy atom. The fourth-order valence-corrected chi connectivity index (χ4v) is 4.69. The molecule has 4 nitrogen and oxygen atoms in total. The smallest absolute Gasteiger partial charge is 0.220 e. The second kappa shape index (κ2) is 34.3. The molecule has 0 saturated carbocycles. The van der Waals surface area contributed by atoms with Crippen LogP contribution in [-0.4, -0.2) is 34.9 Å². The summed E-state index contributed by atoms with van der Waals surface area (Å²) >= 11 is 0. The van der Waals surface area contributed by atoms with Crippen molar-refractivity contribution >= 4 is 5.91 Å². The van der Waals surface area contributed by atoms with Gasteiger partial charge < -0.3 is 15.5 Å². The van der Waals surface area contributed by atoms with Crippen LogP contribution in [0, 0.1) is 0 Å². The van der Waals surface area contributed by atoms with Crippen LogP contribution < -0.4 is 5.32 Å². The molecule has 0 aliphatic carbocycles. The number of carbonyl (C=O) groups excluding carboxylic acids is 1. The number of hydrogen-bond acceptors (Lipinski definition) is 3. The van der Waals surface area contributed by atoms with Crippen LogP contribution in [0.1, 0.15) is 149 Å². The standard InChI is InChI=1S/C39H67NO3/c1-3-5-7-9-11-13-15-17-18-19-20-21-23-24-26-28-30-32-34-38(42)37(36-41)40-39(43)35-33-31-29-27-25-22-16-14-12-10-8-6-4-2/h6,8,12,14,19-20,22,24-26,32,34,37-38,41-42H,3-5,7,9-11,13,15-18,21,23,27-31,33,35-36H2,1-2H3,(H,40,43)/b8-6-,14-12-,20-19+,25-22-,26-24+,34-32+. The van der Waals surface area contributed by atoms with Crippen molar-refractivity contribution in [2.75, 3.05) is 6.61 Å². The molecule has 4 heteroatoms. The van der Waals surface area contributed by atoms with Crippen molar-refractivity contribution in [2.24, 2.45) is 0 Å². The predicted molar refractivity (Wildman–Crippen MR) is 188 cm³/mol. The average Bonchev–Trinajstić information content (AvgIpc) is 3.01. The van der Waals surface area contributed by atoms with E-state index in [0.717, 1.165) is 70.6 Å². The van der Waals surface area contributed by atoms with Gasteiger partial charge in [0.15, 0.2) is 0 Å². The number of aliphatic hydroxyl groups is 2. The number of nitrogens with one attached hydrogen (secondary N) is 1. The summed E-state index contributed by atoms with van der Waals surface area (Å²) in [7, 11) is 0. The molecular weight excluding hydrogens is 530 g/mol. The summed E-state index contributed by atoms with van der Waals surface area (Å²) in [6.45, 7) is 4.13. The quantitative estimate of drug-likeness (QED) is 0.0570. The summed E-state index contributed by atoms with van der Waals surface area (Å²) in [5, 5.41) is 22.8. The van der Waals surface area contributed by atoms with Gasteiger partial charge in [-0.1, -0.05) is 138 Å². The Labute approximate surface area is 266 Å². The minimum absolute atomic E-state index is 0.112. The lowest BCUT2D eigenvalue weighted by Gasteiger charge is -2.19. The third-order valence-electron chi connectivity index (χ3n) is 7.40. The second-order valence-corrected chi connectivity index (χ2v) is 11.5. The van der Waals surface area contributed by atoms with E-state index in [4.69, 9.17) is 0 Å². The first-order valence-electron chi connectivity index (χ1n) is 17.7. The van der Waals surface area contributed by atoms with E-state index < -0.39 is 12.1 Å². The highest BCUT2D eigenvalue weighted by molar-refractivity contribution is 5.76. The molecule has 2 unspecified atom stereocenters. The Morgan fingerprint density at radius 1 is 0.581 bits per heavy atom. The lowest BCUT2D eigenvalue weighted by molar-refractivity contribution is -0.123. The Bertz CT molecular complexity index is 777. The number of unbranched alkanes of at least 4 members (excludes halogenated alkanes) is 13. The van der Waals surface area contributed by atoms with Crippen molar-refractivity contribution < 1.29 is 15.0 Å². The molecule has 0 aliphatic rings. The van der Waals surface area contributed by atoms with Gasteiger partial charge in [-0.25, -0.2) is 0 Å². The van der Waals surface area contributed by atoms with Gasteiger partial charge in [0, 0.05) is 6.42 Å². The van der Waals surface area contributed by atoms with Crippen LogP contribution in [0.4, 0.5) is 0 Å². The Balaban J connectivity index is 3.80. The van der Waals surface area contributed by atoms with Crippen molar-refractivity contribution in [1.82, 2.24) is 5.32 Å². The number of aliphatic hydroxyl groups excluding tert-OH is 2. The molecule has 0 rings (SSSR count). The van der Waals surface area contributed by atoms with Gasteiger partial charge in [0.05, 0.1) is 18.8 Å². The van der Waals surface area contributed by atoms with Gasteiger partial charge in [-0.05, 0) is 77.0 Å². The third-order valence-corrected chi connectivity index (χ3v) is 7.40. The van der Waals surface area contributed by atoms with E-state index in [9.17, 15) is 15.0 Å². The van der Waals surface area contributed by atoms with Crippen molar-refractivity contribution in [3.8, 4) is 0 Å². The summed E-state index contributed by atoms with van der Waals surface area (Å²) in [6, 6.07) is -0.662. The zero-order valence-electron chi connectivity index (χ0n) is 27.9. The molecule has 3 N–H and O–H groups in total. The fourth-order valence-electron chi connectivity index (χ4n) is 4.69. The van der Waals surface area contributed by atoms with Crippen molar-refractivity contribution in [1.29, 1.82) is 0 Å². The van der Waals surface area contributed by atoms with Gasteiger partial charge in [0.25, 0.3) is 0 Å². The van der Waals surface area contributed by atoms with Crippen LogP contribution in [-0.2, 0) is 4.79 Å². The molecule has 1 amide bonds. The van der Waals surface area contributed by atoms with Gasteiger partial charge in [0.2, 0.25) is 5.91 Å². The predicted octanol–water partition coefficient (Wildman–Crippen LogP) is 10.4. The third kappa shape index (κ3) is 31.1. The summed E-state index contributed by atoms with van der Waals surface area (Å²) in [5.41, 5.74) is 0. The topological polar surface area (TPSA) is 69.6 Å². The molecule has 0 aromatic heterocycles. The molecule has 0 fully saturated rings. The highest BCUT2D eigenvalue weighted by atomic mass is 16.3.